The van der Waals surface area contributed by atoms with Crippen LogP contribution in [0, 0.1) is 0 Å². The van der Waals surface area contributed by atoms with Gasteiger partial charge in [0.15, 0.2) is 0 Å². The minimum absolute atomic E-state index is 0.00189. The molecular formula is C85H74N2O2. The second-order valence-electron chi connectivity index (χ2n) is 29.3. The monoisotopic (exact) mass is 1150 g/mol. The largest absolute Gasteiger partial charge is 0.456 e. The number of para-hydroxylation sites is 2. The fourth-order valence-corrected chi connectivity index (χ4v) is 15.1. The van der Waals surface area contributed by atoms with Crippen LogP contribution in [-0.2, 0) is 27.1 Å². The third-order valence-electron chi connectivity index (χ3n) is 19.7. The van der Waals surface area contributed by atoms with Gasteiger partial charge in [0.2, 0.25) is 0 Å². The van der Waals surface area contributed by atoms with Crippen molar-refractivity contribution in [2.45, 2.75) is 110 Å². The Kier molecular flexibility index (Phi) is 11.8. The summed E-state index contributed by atoms with van der Waals surface area (Å²) in [5, 5.41) is 8.92. The predicted molar refractivity (Wildman–Crippen MR) is 376 cm³/mol. The average Bonchev–Trinajstić information content (AvgIpc) is 1.49. The first-order valence-corrected chi connectivity index (χ1v) is 31.7. The fourth-order valence-electron chi connectivity index (χ4n) is 15.1. The quantitative estimate of drug-likeness (QED) is 0.166. The number of anilines is 6. The molecular weight excluding hydrogens is 1080 g/mol. The van der Waals surface area contributed by atoms with Gasteiger partial charge in [-0.15, -0.1) is 0 Å². The Hall–Kier alpha value is -9.64. The van der Waals surface area contributed by atoms with Gasteiger partial charge in [0.25, 0.3) is 0 Å². The highest BCUT2D eigenvalue weighted by Gasteiger charge is 2.55. The third-order valence-corrected chi connectivity index (χ3v) is 19.7. The average molecular weight is 1160 g/mol. The van der Waals surface area contributed by atoms with Gasteiger partial charge in [-0.3, -0.25) is 0 Å². The number of nitrogens with zero attached hydrogens (tertiary/aromatic N) is 2. The van der Waals surface area contributed by atoms with E-state index >= 15 is 0 Å². The molecule has 1 spiro atoms. The second-order valence-corrected chi connectivity index (χ2v) is 29.3. The maximum absolute atomic E-state index is 7.64. The summed E-state index contributed by atoms with van der Waals surface area (Å²) >= 11 is 0. The second kappa shape index (κ2) is 19.2. The van der Waals surface area contributed by atoms with E-state index in [1.807, 2.05) is 0 Å². The van der Waals surface area contributed by atoms with Gasteiger partial charge in [-0.05, 0) is 190 Å². The zero-order chi connectivity index (χ0) is 61.3. The van der Waals surface area contributed by atoms with E-state index in [1.54, 1.807) is 0 Å². The van der Waals surface area contributed by atoms with E-state index in [0.717, 1.165) is 99.7 Å². The highest BCUT2D eigenvalue weighted by atomic mass is 16.3. The summed E-state index contributed by atoms with van der Waals surface area (Å²) in [5.41, 5.74) is 24.0. The molecule has 89 heavy (non-hydrogen) atoms. The maximum atomic E-state index is 7.64. The smallest absolute Gasteiger partial charge is 0.144 e. The highest BCUT2D eigenvalue weighted by molar-refractivity contribution is 6.29. The van der Waals surface area contributed by atoms with Crippen LogP contribution in [0.1, 0.15) is 128 Å². The topological polar surface area (TPSA) is 32.8 Å². The number of hydrogen-bond acceptors (Lipinski definition) is 4. The van der Waals surface area contributed by atoms with Gasteiger partial charge in [-0.25, -0.2) is 0 Å². The Morgan fingerprint density at radius 3 is 1.24 bits per heavy atom. The van der Waals surface area contributed by atoms with Crippen molar-refractivity contribution < 1.29 is 8.83 Å². The van der Waals surface area contributed by atoms with Crippen molar-refractivity contribution in [3.8, 4) is 22.3 Å². The first-order chi connectivity index (χ1) is 42.7. The van der Waals surface area contributed by atoms with Gasteiger partial charge in [0.05, 0.1) is 11.1 Å². The molecule has 0 radical (unpaired) electrons. The summed E-state index contributed by atoms with van der Waals surface area (Å²) in [6.07, 6.45) is 0. The molecule has 0 aliphatic heterocycles. The molecule has 4 heteroatoms. The molecule has 2 aliphatic carbocycles. The van der Waals surface area contributed by atoms with E-state index < -0.39 is 5.41 Å². The SMILES string of the molecule is CC(C)(C)c1ccc(N(c2ccc(C(C)(C)C)cc2)c2ccc3c4c(c5oc6ccccc6c5c3c2)-c2c(cc(N(c3ccc(C(C)(C)C)cc3)c3ccc(C(C)(C)C)cc3)c3cc5oc6ccccc6c5cc23)C42c3ccccc3-c3ccccc32)cc1. The fraction of sp³-hybridized carbons (Fsp3) is 0.200. The molecule has 0 saturated carbocycles. The Balaban J connectivity index is 1.07. The number of furan rings is 2. The van der Waals surface area contributed by atoms with Gasteiger partial charge in [0.1, 0.15) is 22.3 Å². The highest BCUT2D eigenvalue weighted by Crippen LogP contribution is 2.68. The summed E-state index contributed by atoms with van der Waals surface area (Å²) in [6.45, 7) is 27.5. The van der Waals surface area contributed by atoms with E-state index in [1.165, 1.54) is 66.6 Å². The lowest BCUT2D eigenvalue weighted by Crippen LogP contribution is -2.26. The Labute approximate surface area is 522 Å². The molecule has 2 heterocycles. The van der Waals surface area contributed by atoms with Crippen molar-refractivity contribution in [1.82, 2.24) is 0 Å². The van der Waals surface area contributed by atoms with Crippen LogP contribution in [-0.4, -0.2) is 0 Å². The summed E-state index contributed by atoms with van der Waals surface area (Å²) < 4.78 is 14.6. The van der Waals surface area contributed by atoms with Crippen molar-refractivity contribution in [3.63, 3.8) is 0 Å². The normalized spacial score (nSPS) is 13.7. The number of rotatable bonds is 6. The third kappa shape index (κ3) is 8.25. The van der Waals surface area contributed by atoms with Crippen molar-refractivity contribution in [1.29, 1.82) is 0 Å². The minimum Gasteiger partial charge on any atom is -0.456 e. The first kappa shape index (κ1) is 54.7. The van der Waals surface area contributed by atoms with E-state index in [4.69, 9.17) is 8.83 Å². The van der Waals surface area contributed by atoms with Crippen molar-refractivity contribution in [2.24, 2.45) is 0 Å². The molecule has 14 aromatic rings. The minimum atomic E-state index is -0.815. The lowest BCUT2D eigenvalue weighted by Gasteiger charge is -2.34. The Bertz CT molecular complexity index is 5040. The molecule has 2 aliphatic rings. The maximum Gasteiger partial charge on any atom is 0.144 e. The van der Waals surface area contributed by atoms with Crippen molar-refractivity contribution >= 4 is 99.5 Å². The Morgan fingerprint density at radius 1 is 0.292 bits per heavy atom. The van der Waals surface area contributed by atoms with Crippen molar-refractivity contribution in [2.75, 3.05) is 9.80 Å². The van der Waals surface area contributed by atoms with E-state index in [-0.39, 0.29) is 21.7 Å². The molecule has 0 fully saturated rings. The lowest BCUT2D eigenvalue weighted by molar-refractivity contribution is 0.590. The molecule has 12 aromatic carbocycles. The molecule has 0 unspecified atom stereocenters. The van der Waals surface area contributed by atoms with Crippen LogP contribution < -0.4 is 9.80 Å². The summed E-state index contributed by atoms with van der Waals surface area (Å²) in [5.74, 6) is 0. The summed E-state index contributed by atoms with van der Waals surface area (Å²) in [7, 11) is 0. The molecule has 0 amide bonds. The predicted octanol–water partition coefficient (Wildman–Crippen LogP) is 24.3. The van der Waals surface area contributed by atoms with Crippen molar-refractivity contribution in [3.05, 3.63) is 275 Å². The Morgan fingerprint density at radius 2 is 0.730 bits per heavy atom. The summed E-state index contributed by atoms with van der Waals surface area (Å²) in [6, 6.07) is 87.3. The van der Waals surface area contributed by atoms with Crippen LogP contribution in [0.15, 0.2) is 239 Å². The van der Waals surface area contributed by atoms with Crippen LogP contribution in [0.4, 0.5) is 34.1 Å². The van der Waals surface area contributed by atoms with Crippen LogP contribution >= 0.6 is 0 Å². The van der Waals surface area contributed by atoms with Crippen LogP contribution in [0.3, 0.4) is 0 Å². The van der Waals surface area contributed by atoms with E-state index in [2.05, 4.69) is 323 Å². The standard InChI is InChI=1S/C85H74N2O2/c1-81(2,3)51-29-37-55(38-30-51)86(56-39-31-52(32-40-56)82(4,5)6)59-45-46-63-67(47-59)76-64-24-16-20-28-74(64)89-80(76)78-77-68-48-66-62-23-15-19-27-73(62)88-75(66)49-65(68)72(50-71(77)85(79(63)78)69-25-17-13-21-60(69)61-22-14-18-26-70(61)85)87(57-41-33-53(34-42-57)83(7,8)9)58-43-35-54(36-44-58)84(10,11)12/h13-50H,1-12H3. The van der Waals surface area contributed by atoms with Crippen LogP contribution in [0.2, 0.25) is 0 Å². The van der Waals surface area contributed by atoms with Gasteiger partial charge in [-0.1, -0.05) is 223 Å². The molecule has 0 bridgehead atoms. The van der Waals surface area contributed by atoms with E-state index in [0.29, 0.717) is 0 Å². The molecule has 0 N–H and O–H groups in total. The van der Waals surface area contributed by atoms with Gasteiger partial charge < -0.3 is 18.6 Å². The first-order valence-electron chi connectivity index (χ1n) is 31.7. The molecule has 16 rings (SSSR count). The number of hydrogen-bond donors (Lipinski definition) is 0. The summed E-state index contributed by atoms with van der Waals surface area (Å²) in [4.78, 5) is 4.96. The van der Waals surface area contributed by atoms with Crippen LogP contribution in [0.5, 0.6) is 0 Å². The van der Waals surface area contributed by atoms with Gasteiger partial charge in [0, 0.05) is 60.9 Å². The molecule has 0 saturated heterocycles. The number of fused-ring (bicyclic) bond motifs is 22. The lowest BCUT2D eigenvalue weighted by atomic mass is 9.69. The van der Waals surface area contributed by atoms with Gasteiger partial charge in [-0.2, -0.15) is 0 Å². The van der Waals surface area contributed by atoms with E-state index in [9.17, 15) is 0 Å². The molecule has 2 aromatic heterocycles. The zero-order valence-corrected chi connectivity index (χ0v) is 53.2. The molecule has 436 valence electrons. The number of benzene rings is 12. The molecule has 4 nitrogen and oxygen atoms in total. The van der Waals surface area contributed by atoms with Gasteiger partial charge >= 0.3 is 0 Å². The molecule has 0 atom stereocenters. The zero-order valence-electron chi connectivity index (χ0n) is 53.2. The van der Waals surface area contributed by atoms with Crippen LogP contribution in [0.25, 0.3) is 87.7 Å².